The Hall–Kier alpha value is -1.81. The molecule has 0 saturated heterocycles. The summed E-state index contributed by atoms with van der Waals surface area (Å²) in [7, 11) is 0. The van der Waals surface area contributed by atoms with Crippen molar-refractivity contribution >= 4 is 17.3 Å². The largest absolute Gasteiger partial charge is 0.455 e. The van der Waals surface area contributed by atoms with Gasteiger partial charge in [-0.1, -0.05) is 11.6 Å². The Morgan fingerprint density at radius 1 is 1.06 bits per heavy atom. The molecule has 2 aromatic carbocycles. The van der Waals surface area contributed by atoms with Crippen LogP contribution in [0.1, 0.15) is 0 Å². The highest BCUT2D eigenvalue weighted by atomic mass is 35.5. The van der Waals surface area contributed by atoms with Crippen LogP contribution >= 0.6 is 11.6 Å². The summed E-state index contributed by atoms with van der Waals surface area (Å²) in [5, 5.41) is -0.0526. The third-order valence-corrected chi connectivity index (χ3v) is 2.38. The van der Waals surface area contributed by atoms with Crippen molar-refractivity contribution in [2.75, 3.05) is 5.73 Å². The lowest BCUT2D eigenvalue weighted by Gasteiger charge is -2.08. The van der Waals surface area contributed by atoms with E-state index in [1.165, 1.54) is 30.3 Å². The van der Waals surface area contributed by atoms with Crippen molar-refractivity contribution in [2.45, 2.75) is 0 Å². The lowest BCUT2D eigenvalue weighted by Crippen LogP contribution is -1.93. The quantitative estimate of drug-likeness (QED) is 0.824. The van der Waals surface area contributed by atoms with Gasteiger partial charge in [0.05, 0.1) is 10.7 Å². The van der Waals surface area contributed by atoms with E-state index in [4.69, 9.17) is 22.1 Å². The van der Waals surface area contributed by atoms with Crippen molar-refractivity contribution in [1.29, 1.82) is 0 Å². The second kappa shape index (κ2) is 4.59. The summed E-state index contributed by atoms with van der Waals surface area (Å²) in [5.74, 6) is -0.373. The molecule has 0 heterocycles. The molecular formula is C12H8ClF2NO. The first-order valence-electron chi connectivity index (χ1n) is 4.74. The molecule has 5 heteroatoms. The molecule has 0 bridgehead atoms. The highest BCUT2D eigenvalue weighted by Crippen LogP contribution is 2.30. The Bertz CT molecular complexity index is 560. The van der Waals surface area contributed by atoms with Crippen LogP contribution in [0.4, 0.5) is 14.5 Å². The number of nitrogen functional groups attached to an aromatic ring is 1. The Kier molecular flexibility index (Phi) is 3.15. The Labute approximate surface area is 102 Å². The Balaban J connectivity index is 2.28. The van der Waals surface area contributed by atoms with E-state index in [1.807, 2.05) is 0 Å². The molecule has 0 aliphatic rings. The lowest BCUT2D eigenvalue weighted by molar-refractivity contribution is 0.481. The van der Waals surface area contributed by atoms with Crippen LogP contribution in [0, 0.1) is 11.6 Å². The van der Waals surface area contributed by atoms with Gasteiger partial charge >= 0.3 is 0 Å². The van der Waals surface area contributed by atoms with Gasteiger partial charge in [-0.25, -0.2) is 8.78 Å². The molecule has 2 nitrogen and oxygen atoms in total. The Morgan fingerprint density at radius 3 is 2.47 bits per heavy atom. The third kappa shape index (κ3) is 2.65. The Morgan fingerprint density at radius 2 is 1.82 bits per heavy atom. The van der Waals surface area contributed by atoms with E-state index >= 15 is 0 Å². The molecule has 0 atom stereocenters. The first-order valence-corrected chi connectivity index (χ1v) is 5.12. The highest BCUT2D eigenvalue weighted by Gasteiger charge is 2.06. The molecule has 0 amide bonds. The van der Waals surface area contributed by atoms with Crippen LogP contribution in [0.15, 0.2) is 36.4 Å². The monoisotopic (exact) mass is 255 g/mol. The van der Waals surface area contributed by atoms with Gasteiger partial charge in [-0.15, -0.1) is 0 Å². The topological polar surface area (TPSA) is 35.2 Å². The van der Waals surface area contributed by atoms with Crippen LogP contribution < -0.4 is 10.5 Å². The summed E-state index contributed by atoms with van der Waals surface area (Å²) in [6.45, 7) is 0. The van der Waals surface area contributed by atoms with E-state index in [9.17, 15) is 8.78 Å². The van der Waals surface area contributed by atoms with E-state index in [-0.39, 0.29) is 16.5 Å². The molecule has 0 aliphatic carbocycles. The second-order valence-electron chi connectivity index (χ2n) is 3.36. The third-order valence-electron chi connectivity index (χ3n) is 2.09. The number of nitrogens with two attached hydrogens (primary N) is 1. The van der Waals surface area contributed by atoms with E-state index < -0.39 is 11.6 Å². The normalized spacial score (nSPS) is 10.3. The number of hydrogen-bond acceptors (Lipinski definition) is 2. The minimum atomic E-state index is -0.536. The average Bonchev–Trinajstić information content (AvgIpc) is 2.27. The lowest BCUT2D eigenvalue weighted by atomic mass is 10.3. The van der Waals surface area contributed by atoms with Gasteiger partial charge < -0.3 is 10.5 Å². The summed E-state index contributed by atoms with van der Waals surface area (Å²) in [6.07, 6.45) is 0. The smallest absolute Gasteiger partial charge is 0.150 e. The molecule has 88 valence electrons. The van der Waals surface area contributed by atoms with Gasteiger partial charge in [0.2, 0.25) is 0 Å². The van der Waals surface area contributed by atoms with Crippen LogP contribution in [0.2, 0.25) is 5.02 Å². The standard InChI is InChI=1S/C12H8ClF2NO/c13-9-6-8(2-3-10(9)15)17-12-4-1-7(14)5-11(12)16/h1-6H,16H2. The molecule has 2 N–H and O–H groups in total. The second-order valence-corrected chi connectivity index (χ2v) is 3.77. The van der Waals surface area contributed by atoms with Gasteiger partial charge in [-0.05, 0) is 24.3 Å². The first kappa shape index (κ1) is 11.7. The zero-order valence-corrected chi connectivity index (χ0v) is 9.34. The van der Waals surface area contributed by atoms with Gasteiger partial charge in [-0.2, -0.15) is 0 Å². The highest BCUT2D eigenvalue weighted by molar-refractivity contribution is 6.30. The molecule has 0 unspecified atom stereocenters. The molecule has 2 rings (SSSR count). The SMILES string of the molecule is Nc1cc(F)ccc1Oc1ccc(F)c(Cl)c1. The number of benzene rings is 2. The van der Waals surface area contributed by atoms with Gasteiger partial charge in [0.15, 0.2) is 5.75 Å². The first-order chi connectivity index (χ1) is 8.06. The van der Waals surface area contributed by atoms with Crippen molar-refractivity contribution in [3.05, 3.63) is 53.1 Å². The van der Waals surface area contributed by atoms with Crippen LogP contribution in [-0.4, -0.2) is 0 Å². The maximum Gasteiger partial charge on any atom is 0.150 e. The summed E-state index contributed by atoms with van der Waals surface area (Å²) >= 11 is 5.60. The molecule has 2 aromatic rings. The number of ether oxygens (including phenoxy) is 1. The van der Waals surface area contributed by atoms with E-state index in [1.54, 1.807) is 0 Å². The van der Waals surface area contributed by atoms with Crippen molar-refractivity contribution in [3.63, 3.8) is 0 Å². The zero-order valence-electron chi connectivity index (χ0n) is 8.58. The molecule has 0 radical (unpaired) electrons. The maximum atomic E-state index is 12.9. The van der Waals surface area contributed by atoms with Crippen molar-refractivity contribution in [2.24, 2.45) is 0 Å². The molecule has 0 aromatic heterocycles. The fourth-order valence-corrected chi connectivity index (χ4v) is 1.45. The summed E-state index contributed by atoms with van der Waals surface area (Å²) < 4.78 is 31.1. The number of halogens is 3. The number of hydrogen-bond donors (Lipinski definition) is 1. The van der Waals surface area contributed by atoms with Gasteiger partial charge in [-0.3, -0.25) is 0 Å². The maximum absolute atomic E-state index is 12.9. The van der Waals surface area contributed by atoms with Crippen molar-refractivity contribution < 1.29 is 13.5 Å². The number of anilines is 1. The van der Waals surface area contributed by atoms with Gasteiger partial charge in [0.1, 0.15) is 17.4 Å². The van der Waals surface area contributed by atoms with Crippen LogP contribution in [0.5, 0.6) is 11.5 Å². The minimum absolute atomic E-state index is 0.0526. The molecule has 0 spiro atoms. The van der Waals surface area contributed by atoms with Gasteiger partial charge in [0.25, 0.3) is 0 Å². The molecule has 0 saturated carbocycles. The van der Waals surface area contributed by atoms with Crippen LogP contribution in [-0.2, 0) is 0 Å². The fraction of sp³-hybridized carbons (Fsp3) is 0. The molecule has 0 fully saturated rings. The van der Waals surface area contributed by atoms with Crippen LogP contribution in [0.3, 0.4) is 0 Å². The summed E-state index contributed by atoms with van der Waals surface area (Å²) in [6, 6.07) is 7.65. The average molecular weight is 256 g/mol. The molecular weight excluding hydrogens is 248 g/mol. The summed E-state index contributed by atoms with van der Waals surface area (Å²) in [5.41, 5.74) is 5.72. The zero-order chi connectivity index (χ0) is 12.4. The van der Waals surface area contributed by atoms with Gasteiger partial charge in [0, 0.05) is 12.1 Å². The van der Waals surface area contributed by atoms with Crippen LogP contribution in [0.25, 0.3) is 0 Å². The predicted molar refractivity (Wildman–Crippen MR) is 62.3 cm³/mol. The van der Waals surface area contributed by atoms with E-state index in [0.29, 0.717) is 5.75 Å². The molecule has 0 aliphatic heterocycles. The van der Waals surface area contributed by atoms with Crippen molar-refractivity contribution in [1.82, 2.24) is 0 Å². The fourth-order valence-electron chi connectivity index (χ4n) is 1.28. The molecule has 17 heavy (non-hydrogen) atoms. The summed E-state index contributed by atoms with van der Waals surface area (Å²) in [4.78, 5) is 0. The van der Waals surface area contributed by atoms with Crippen molar-refractivity contribution in [3.8, 4) is 11.5 Å². The number of rotatable bonds is 2. The predicted octanol–water partition coefficient (Wildman–Crippen LogP) is 3.99. The van der Waals surface area contributed by atoms with E-state index in [2.05, 4.69) is 0 Å². The minimum Gasteiger partial charge on any atom is -0.455 e. The van der Waals surface area contributed by atoms with E-state index in [0.717, 1.165) is 6.07 Å².